The summed E-state index contributed by atoms with van der Waals surface area (Å²) in [5.41, 5.74) is 2.71. The molecule has 12 heteroatoms. The molecule has 2 aromatic heterocycles. The molecule has 2 amide bonds. The Bertz CT molecular complexity index is 1400. The summed E-state index contributed by atoms with van der Waals surface area (Å²) >= 11 is 0. The first-order valence-corrected chi connectivity index (χ1v) is 12.5. The van der Waals surface area contributed by atoms with Gasteiger partial charge in [0.05, 0.1) is 31.1 Å². The van der Waals surface area contributed by atoms with Crippen molar-refractivity contribution in [3.05, 3.63) is 42.3 Å². The van der Waals surface area contributed by atoms with E-state index in [1.54, 1.807) is 35.2 Å². The number of fused-ring (bicyclic) bond motifs is 2. The van der Waals surface area contributed by atoms with Crippen molar-refractivity contribution < 1.29 is 28.2 Å². The summed E-state index contributed by atoms with van der Waals surface area (Å²) < 4.78 is 31.0. The second-order valence-electron chi connectivity index (χ2n) is 9.48. The van der Waals surface area contributed by atoms with E-state index in [1.807, 2.05) is 4.90 Å². The molecule has 198 valence electrons. The number of anilines is 3. The molecule has 0 bridgehead atoms. The summed E-state index contributed by atoms with van der Waals surface area (Å²) in [7, 11) is 1.53. The number of amides is 2. The van der Waals surface area contributed by atoms with Gasteiger partial charge in [0, 0.05) is 37.4 Å². The lowest BCUT2D eigenvalue weighted by Crippen LogP contribution is -2.45. The van der Waals surface area contributed by atoms with E-state index in [4.69, 9.17) is 14.2 Å². The maximum Gasteiger partial charge on any atom is 0.414 e. The predicted octanol–water partition coefficient (Wildman–Crippen LogP) is 2.69. The molecule has 0 saturated carbocycles. The highest BCUT2D eigenvalue weighted by Gasteiger charge is 2.34. The summed E-state index contributed by atoms with van der Waals surface area (Å²) in [5.74, 6) is 0.343. The number of carbonyl (C=O) groups is 2. The zero-order valence-electron chi connectivity index (χ0n) is 20.8. The van der Waals surface area contributed by atoms with Gasteiger partial charge in [-0.3, -0.25) is 14.7 Å². The number of carbonyl (C=O) groups excluding carboxylic acids is 2. The van der Waals surface area contributed by atoms with Gasteiger partial charge in [-0.25, -0.2) is 14.2 Å². The molecule has 2 saturated heterocycles. The van der Waals surface area contributed by atoms with E-state index in [0.29, 0.717) is 65.9 Å². The van der Waals surface area contributed by atoms with E-state index in [0.717, 1.165) is 12.8 Å². The van der Waals surface area contributed by atoms with Crippen molar-refractivity contribution in [3.63, 3.8) is 0 Å². The number of nitrogens with one attached hydrogen (secondary N) is 2. The van der Waals surface area contributed by atoms with Crippen LogP contribution in [0.1, 0.15) is 12.8 Å². The van der Waals surface area contributed by atoms with Gasteiger partial charge in [-0.15, -0.1) is 0 Å². The minimum atomic E-state index is -0.433. The molecule has 3 aromatic rings. The van der Waals surface area contributed by atoms with Crippen LogP contribution in [0.15, 0.2) is 36.5 Å². The Hall–Kier alpha value is -4.19. The van der Waals surface area contributed by atoms with Gasteiger partial charge in [0.15, 0.2) is 12.4 Å². The number of rotatable bonds is 6. The van der Waals surface area contributed by atoms with Gasteiger partial charge in [-0.05, 0) is 37.1 Å². The maximum absolute atomic E-state index is 14.8. The van der Waals surface area contributed by atoms with Crippen molar-refractivity contribution in [2.24, 2.45) is 0 Å². The standard InChI is InChI=1S/C26H27FN6O5/c1-36-23-5-3-19-24(31-23)25(18(27)12-29-19)32-8-6-15(7-9-32)28-11-17-13-33(26(35)38-17)16-2-4-21-20(10-16)30-22(34)14-37-21/h2-5,10,12,15,17,28H,6-9,11,13-14H2,1H3,(H,30,34)/t17-/m1/s1. The van der Waals surface area contributed by atoms with Gasteiger partial charge in [-0.1, -0.05) is 0 Å². The molecule has 1 atom stereocenters. The highest BCUT2D eigenvalue weighted by molar-refractivity contribution is 5.97. The van der Waals surface area contributed by atoms with E-state index in [-0.39, 0.29) is 24.7 Å². The first-order valence-electron chi connectivity index (χ1n) is 12.5. The van der Waals surface area contributed by atoms with Crippen LogP contribution in [0, 0.1) is 5.82 Å². The van der Waals surface area contributed by atoms with E-state index >= 15 is 0 Å². The van der Waals surface area contributed by atoms with Crippen LogP contribution in [0.4, 0.5) is 26.2 Å². The number of methoxy groups -OCH3 is 1. The lowest BCUT2D eigenvalue weighted by atomic mass is 10.0. The number of piperidine rings is 1. The van der Waals surface area contributed by atoms with E-state index in [1.165, 1.54) is 13.3 Å². The SMILES string of the molecule is COc1ccc2ncc(F)c(N3CCC(NC[C@@H]4CN(c5ccc6c(c5)NC(=O)CO6)C(=O)O4)CC3)c2n1. The first-order chi connectivity index (χ1) is 18.5. The van der Waals surface area contributed by atoms with E-state index in [9.17, 15) is 14.0 Å². The van der Waals surface area contributed by atoms with Crippen LogP contribution >= 0.6 is 0 Å². The topological polar surface area (TPSA) is 118 Å². The molecule has 0 radical (unpaired) electrons. The van der Waals surface area contributed by atoms with Crippen molar-refractivity contribution in [2.45, 2.75) is 25.0 Å². The Morgan fingerprint density at radius 2 is 2.05 bits per heavy atom. The van der Waals surface area contributed by atoms with Gasteiger partial charge >= 0.3 is 6.09 Å². The molecule has 5 heterocycles. The van der Waals surface area contributed by atoms with Gasteiger partial charge in [0.1, 0.15) is 23.1 Å². The molecule has 0 aliphatic carbocycles. The third kappa shape index (κ3) is 4.62. The number of cyclic esters (lactones) is 1. The van der Waals surface area contributed by atoms with Crippen LogP contribution in [0.5, 0.6) is 11.6 Å². The average Bonchev–Trinajstić information content (AvgIpc) is 3.31. The van der Waals surface area contributed by atoms with Crippen molar-refractivity contribution in [2.75, 3.05) is 55.0 Å². The third-order valence-corrected chi connectivity index (χ3v) is 7.05. The Morgan fingerprint density at radius 1 is 1.21 bits per heavy atom. The monoisotopic (exact) mass is 522 g/mol. The minimum Gasteiger partial charge on any atom is -0.482 e. The fourth-order valence-electron chi connectivity index (χ4n) is 5.11. The van der Waals surface area contributed by atoms with Crippen molar-refractivity contribution in [3.8, 4) is 11.6 Å². The highest BCUT2D eigenvalue weighted by Crippen LogP contribution is 2.34. The summed E-state index contributed by atoms with van der Waals surface area (Å²) in [6.45, 7) is 2.16. The number of hydrogen-bond donors (Lipinski definition) is 2. The second-order valence-corrected chi connectivity index (χ2v) is 9.48. The van der Waals surface area contributed by atoms with E-state index in [2.05, 4.69) is 20.6 Å². The Kier molecular flexibility index (Phi) is 6.32. The molecule has 3 aliphatic rings. The van der Waals surface area contributed by atoms with Crippen LogP contribution in [0.25, 0.3) is 11.0 Å². The molecule has 38 heavy (non-hydrogen) atoms. The highest BCUT2D eigenvalue weighted by atomic mass is 19.1. The summed E-state index contributed by atoms with van der Waals surface area (Å²) in [6.07, 6.45) is 2.07. The molecule has 3 aliphatic heterocycles. The van der Waals surface area contributed by atoms with Crippen LogP contribution in [-0.2, 0) is 9.53 Å². The second kappa shape index (κ2) is 9.93. The number of benzene rings is 1. The largest absolute Gasteiger partial charge is 0.482 e. The van der Waals surface area contributed by atoms with Crippen molar-refractivity contribution in [1.82, 2.24) is 15.3 Å². The molecular formula is C26H27FN6O5. The molecule has 2 N–H and O–H groups in total. The fraction of sp³-hybridized carbons (Fsp3) is 0.385. The molecule has 0 unspecified atom stereocenters. The summed E-state index contributed by atoms with van der Waals surface area (Å²) in [5, 5.41) is 6.26. The zero-order valence-corrected chi connectivity index (χ0v) is 20.8. The Balaban J connectivity index is 1.05. The molecule has 6 rings (SSSR count). The third-order valence-electron chi connectivity index (χ3n) is 7.05. The smallest absolute Gasteiger partial charge is 0.414 e. The molecular weight excluding hydrogens is 495 g/mol. The number of nitrogens with zero attached hydrogens (tertiary/aromatic N) is 4. The summed E-state index contributed by atoms with van der Waals surface area (Å²) in [6, 6.07) is 8.91. The first kappa shape index (κ1) is 24.2. The van der Waals surface area contributed by atoms with Crippen molar-refractivity contribution >= 4 is 40.1 Å². The number of pyridine rings is 2. The number of ether oxygens (including phenoxy) is 3. The number of aromatic nitrogens is 2. The van der Waals surface area contributed by atoms with Crippen LogP contribution < -0.4 is 29.9 Å². The van der Waals surface area contributed by atoms with Gasteiger partial charge < -0.3 is 29.7 Å². The lowest BCUT2D eigenvalue weighted by Gasteiger charge is -2.34. The Labute approximate surface area is 217 Å². The normalized spacial score (nSPS) is 19.7. The van der Waals surface area contributed by atoms with Crippen LogP contribution in [0.3, 0.4) is 0 Å². The number of halogens is 1. The maximum atomic E-state index is 14.8. The van der Waals surface area contributed by atoms with Gasteiger partial charge in [0.2, 0.25) is 5.88 Å². The molecule has 1 aromatic carbocycles. The lowest BCUT2D eigenvalue weighted by molar-refractivity contribution is -0.118. The Morgan fingerprint density at radius 3 is 2.87 bits per heavy atom. The van der Waals surface area contributed by atoms with Gasteiger partial charge in [0.25, 0.3) is 5.91 Å². The van der Waals surface area contributed by atoms with Gasteiger partial charge in [-0.2, -0.15) is 0 Å². The van der Waals surface area contributed by atoms with Crippen LogP contribution in [0.2, 0.25) is 0 Å². The zero-order chi connectivity index (χ0) is 26.2. The van der Waals surface area contributed by atoms with Crippen LogP contribution in [-0.4, -0.2) is 74.0 Å². The predicted molar refractivity (Wildman–Crippen MR) is 137 cm³/mol. The average molecular weight is 523 g/mol. The molecule has 0 spiro atoms. The fourth-order valence-corrected chi connectivity index (χ4v) is 5.11. The van der Waals surface area contributed by atoms with E-state index < -0.39 is 11.9 Å². The molecule has 11 nitrogen and oxygen atoms in total. The molecule has 2 fully saturated rings. The summed E-state index contributed by atoms with van der Waals surface area (Å²) in [4.78, 5) is 36.3. The minimum absolute atomic E-state index is 0.0233. The number of hydrogen-bond acceptors (Lipinski definition) is 9. The quantitative estimate of drug-likeness (QED) is 0.504. The van der Waals surface area contributed by atoms with Crippen molar-refractivity contribution in [1.29, 1.82) is 0 Å².